The van der Waals surface area contributed by atoms with E-state index in [-0.39, 0.29) is 11.7 Å². The summed E-state index contributed by atoms with van der Waals surface area (Å²) in [6, 6.07) is -0.545. The molecule has 1 aromatic rings. The van der Waals surface area contributed by atoms with Gasteiger partial charge in [-0.2, -0.15) is 5.01 Å². The molecule has 2 heterocycles. The van der Waals surface area contributed by atoms with E-state index < -0.39 is 17.5 Å². The minimum atomic E-state index is -0.855. The number of thioether (sulfide) groups is 1. The zero-order chi connectivity index (χ0) is 21.3. The molecule has 0 aromatic carbocycles. The van der Waals surface area contributed by atoms with Gasteiger partial charge in [-0.3, -0.25) is 15.0 Å². The molecule has 0 unspecified atom stereocenters. The third-order valence-electron chi connectivity index (χ3n) is 5.83. The van der Waals surface area contributed by atoms with Crippen molar-refractivity contribution in [2.75, 3.05) is 5.75 Å². The lowest BCUT2D eigenvalue weighted by Gasteiger charge is -2.33. The Hall–Kier alpha value is -2.03. The molecule has 29 heavy (non-hydrogen) atoms. The molecule has 1 spiro atoms. The number of carbonyl (C=O) groups excluding carboxylic acids is 3. The number of aryl methyl sites for hydroxylation is 1. The first-order valence-electron chi connectivity index (χ1n) is 10.3. The molecule has 0 atom stereocenters. The van der Waals surface area contributed by atoms with Gasteiger partial charge >= 0.3 is 6.03 Å². The summed E-state index contributed by atoms with van der Waals surface area (Å²) in [5, 5.41) is 4.44. The van der Waals surface area contributed by atoms with Gasteiger partial charge in [0.25, 0.3) is 5.91 Å². The maximum absolute atomic E-state index is 12.8. The zero-order valence-corrected chi connectivity index (χ0v) is 18.7. The summed E-state index contributed by atoms with van der Waals surface area (Å²) in [4.78, 5) is 42.2. The quantitative estimate of drug-likeness (QED) is 0.544. The Morgan fingerprint density at radius 1 is 1.31 bits per heavy atom. The molecule has 0 radical (unpaired) electrons. The summed E-state index contributed by atoms with van der Waals surface area (Å²) < 4.78 is 2.11. The zero-order valence-electron chi connectivity index (χ0n) is 17.9. The number of rotatable bonds is 6. The van der Waals surface area contributed by atoms with Crippen LogP contribution < -0.4 is 10.7 Å². The SMILES string of the molecule is Cc1nc(SCC(=O)NN2C(=O)NC3(CCC(C)CC3)C2=O)n(CC(C)C)c1C. The van der Waals surface area contributed by atoms with E-state index in [1.165, 1.54) is 11.8 Å². The van der Waals surface area contributed by atoms with Crippen LogP contribution >= 0.6 is 11.8 Å². The van der Waals surface area contributed by atoms with Crippen molar-refractivity contribution >= 4 is 29.6 Å². The molecule has 3 rings (SSSR count). The molecule has 0 bridgehead atoms. The summed E-state index contributed by atoms with van der Waals surface area (Å²) >= 11 is 1.32. The molecule has 160 valence electrons. The molecule has 1 saturated heterocycles. The fourth-order valence-electron chi connectivity index (χ4n) is 3.92. The highest BCUT2D eigenvalue weighted by atomic mass is 32.2. The van der Waals surface area contributed by atoms with Crippen molar-refractivity contribution in [1.29, 1.82) is 0 Å². The van der Waals surface area contributed by atoms with Gasteiger partial charge in [0, 0.05) is 12.2 Å². The number of nitrogens with zero attached hydrogens (tertiary/aromatic N) is 3. The molecule has 2 fully saturated rings. The van der Waals surface area contributed by atoms with Gasteiger partial charge in [0.1, 0.15) is 5.54 Å². The number of imide groups is 1. The van der Waals surface area contributed by atoms with Crippen LogP contribution in [0, 0.1) is 25.7 Å². The van der Waals surface area contributed by atoms with Crippen LogP contribution in [0.1, 0.15) is 57.8 Å². The summed E-state index contributed by atoms with van der Waals surface area (Å²) in [5.41, 5.74) is 3.66. The second-order valence-corrected chi connectivity index (χ2v) is 9.67. The molecular formula is C20H31N5O3S. The van der Waals surface area contributed by atoms with Crippen molar-refractivity contribution in [1.82, 2.24) is 25.3 Å². The predicted octanol–water partition coefficient (Wildman–Crippen LogP) is 2.78. The molecule has 9 heteroatoms. The molecule has 4 amide bonds. The number of hydrazine groups is 1. The lowest BCUT2D eigenvalue weighted by Crippen LogP contribution is -2.51. The summed E-state index contributed by atoms with van der Waals surface area (Å²) in [7, 11) is 0. The monoisotopic (exact) mass is 421 g/mol. The van der Waals surface area contributed by atoms with E-state index >= 15 is 0 Å². The largest absolute Gasteiger partial charge is 0.344 e. The number of nitrogens with one attached hydrogen (secondary N) is 2. The average Bonchev–Trinajstić information content (AvgIpc) is 3.05. The fourth-order valence-corrected chi connectivity index (χ4v) is 4.81. The van der Waals surface area contributed by atoms with Gasteiger partial charge in [-0.25, -0.2) is 9.78 Å². The third kappa shape index (κ3) is 4.44. The number of urea groups is 1. The van der Waals surface area contributed by atoms with E-state index in [9.17, 15) is 14.4 Å². The molecule has 1 aromatic heterocycles. The number of amides is 4. The van der Waals surface area contributed by atoms with Crippen LogP contribution in [-0.2, 0) is 16.1 Å². The minimum absolute atomic E-state index is 0.0785. The topological polar surface area (TPSA) is 96.3 Å². The number of carbonyl (C=O) groups is 3. The molecule has 2 N–H and O–H groups in total. The molecular weight excluding hydrogens is 390 g/mol. The smallest absolute Gasteiger partial charge is 0.323 e. The molecule has 1 saturated carbocycles. The molecule has 1 aliphatic carbocycles. The Bertz CT molecular complexity index is 811. The van der Waals surface area contributed by atoms with Crippen molar-refractivity contribution in [3.05, 3.63) is 11.4 Å². The highest BCUT2D eigenvalue weighted by Crippen LogP contribution is 2.35. The van der Waals surface area contributed by atoms with Gasteiger partial charge in [0.2, 0.25) is 5.91 Å². The van der Waals surface area contributed by atoms with Gasteiger partial charge in [-0.05, 0) is 51.4 Å². The van der Waals surface area contributed by atoms with Gasteiger partial charge in [0.15, 0.2) is 5.16 Å². The Labute approximate surface area is 176 Å². The van der Waals surface area contributed by atoms with Crippen molar-refractivity contribution in [2.24, 2.45) is 11.8 Å². The van der Waals surface area contributed by atoms with Crippen LogP contribution in [0.2, 0.25) is 0 Å². The van der Waals surface area contributed by atoms with Crippen LogP contribution in [0.4, 0.5) is 4.79 Å². The summed E-state index contributed by atoms with van der Waals surface area (Å²) in [6.45, 7) is 11.2. The first kappa shape index (κ1) is 21.7. The molecule has 8 nitrogen and oxygen atoms in total. The molecule has 1 aliphatic heterocycles. The van der Waals surface area contributed by atoms with Gasteiger partial charge < -0.3 is 9.88 Å². The first-order valence-corrected chi connectivity index (χ1v) is 11.2. The second kappa shape index (κ2) is 8.38. The minimum Gasteiger partial charge on any atom is -0.323 e. The van der Waals surface area contributed by atoms with E-state index in [1.807, 2.05) is 13.8 Å². The maximum Gasteiger partial charge on any atom is 0.344 e. The highest BCUT2D eigenvalue weighted by molar-refractivity contribution is 7.99. The number of hydrogen-bond acceptors (Lipinski definition) is 5. The first-order chi connectivity index (χ1) is 13.6. The fraction of sp³-hybridized carbons (Fsp3) is 0.700. The predicted molar refractivity (Wildman–Crippen MR) is 111 cm³/mol. The lowest BCUT2D eigenvalue weighted by atomic mass is 9.77. The van der Waals surface area contributed by atoms with Crippen LogP contribution in [0.3, 0.4) is 0 Å². The number of aromatic nitrogens is 2. The third-order valence-corrected chi connectivity index (χ3v) is 6.81. The van der Waals surface area contributed by atoms with Gasteiger partial charge in [0.05, 0.1) is 11.4 Å². The van der Waals surface area contributed by atoms with E-state index in [2.05, 4.69) is 41.1 Å². The normalized spacial score (nSPS) is 24.5. The number of hydrogen-bond donors (Lipinski definition) is 2. The van der Waals surface area contributed by atoms with E-state index in [0.717, 1.165) is 40.9 Å². The second-order valence-electron chi connectivity index (χ2n) is 8.73. The van der Waals surface area contributed by atoms with E-state index in [0.29, 0.717) is 24.7 Å². The van der Waals surface area contributed by atoms with Gasteiger partial charge in [-0.1, -0.05) is 32.5 Å². The van der Waals surface area contributed by atoms with Crippen LogP contribution in [0.15, 0.2) is 5.16 Å². The van der Waals surface area contributed by atoms with E-state index in [4.69, 9.17) is 0 Å². The Balaban J connectivity index is 1.61. The van der Waals surface area contributed by atoms with Crippen LogP contribution in [-0.4, -0.2) is 43.7 Å². The van der Waals surface area contributed by atoms with Crippen molar-refractivity contribution in [2.45, 2.75) is 77.5 Å². The molecule has 2 aliphatic rings. The Morgan fingerprint density at radius 2 is 1.97 bits per heavy atom. The van der Waals surface area contributed by atoms with Crippen molar-refractivity contribution in [3.8, 4) is 0 Å². The lowest BCUT2D eigenvalue weighted by molar-refractivity contribution is -0.139. The van der Waals surface area contributed by atoms with Gasteiger partial charge in [-0.15, -0.1) is 0 Å². The average molecular weight is 422 g/mol. The standard InChI is InChI=1S/C20H31N5O3S/c1-12(2)10-24-15(5)14(4)21-19(24)29-11-16(26)23-25-17(27)20(22-18(25)28)8-6-13(3)7-9-20/h12-13H,6-11H2,1-5H3,(H,22,28)(H,23,26). The van der Waals surface area contributed by atoms with Crippen molar-refractivity contribution < 1.29 is 14.4 Å². The van der Waals surface area contributed by atoms with E-state index in [1.54, 1.807) is 0 Å². The number of imidazole rings is 1. The Morgan fingerprint density at radius 3 is 2.59 bits per heavy atom. The summed E-state index contributed by atoms with van der Waals surface area (Å²) in [5.74, 6) is 0.340. The maximum atomic E-state index is 12.8. The van der Waals surface area contributed by atoms with Crippen LogP contribution in [0.5, 0.6) is 0 Å². The Kier molecular flexibility index (Phi) is 6.26. The van der Waals surface area contributed by atoms with Crippen molar-refractivity contribution in [3.63, 3.8) is 0 Å². The highest BCUT2D eigenvalue weighted by Gasteiger charge is 2.52. The summed E-state index contributed by atoms with van der Waals surface area (Å²) in [6.07, 6.45) is 3.01. The van der Waals surface area contributed by atoms with Crippen LogP contribution in [0.25, 0.3) is 0 Å².